The molecule has 0 aliphatic rings. The Bertz CT molecular complexity index is 2910. The smallest absolute Gasteiger partial charge is 0.164 e. The summed E-state index contributed by atoms with van der Waals surface area (Å²) in [6, 6.07) is 64.1. The fourth-order valence-corrected chi connectivity index (χ4v) is 7.31. The van der Waals surface area contributed by atoms with E-state index >= 15 is 0 Å². The lowest BCUT2D eigenvalue weighted by Crippen LogP contribution is -2.02. The molecule has 10 aromatic rings. The van der Waals surface area contributed by atoms with Crippen molar-refractivity contribution >= 4 is 43.4 Å². The van der Waals surface area contributed by atoms with Gasteiger partial charge in [0.1, 0.15) is 0 Å². The van der Waals surface area contributed by atoms with Crippen LogP contribution in [-0.4, -0.2) is 19.5 Å². The van der Waals surface area contributed by atoms with Gasteiger partial charge in [-0.15, -0.1) is 0 Å². The first-order chi connectivity index (χ1) is 25.3. The van der Waals surface area contributed by atoms with E-state index in [1.54, 1.807) is 0 Å². The van der Waals surface area contributed by atoms with E-state index in [0.29, 0.717) is 17.5 Å². The molecule has 0 saturated carbocycles. The van der Waals surface area contributed by atoms with Gasteiger partial charge in [-0.25, -0.2) is 15.0 Å². The molecule has 0 spiro atoms. The monoisotopic (exact) mass is 650 g/mol. The lowest BCUT2D eigenvalue weighted by atomic mass is 9.99. The maximum atomic E-state index is 5.14. The molecule has 0 amide bonds. The third kappa shape index (κ3) is 5.04. The quantitative estimate of drug-likeness (QED) is 0.186. The molecule has 2 heterocycles. The second-order valence-electron chi connectivity index (χ2n) is 12.9. The van der Waals surface area contributed by atoms with Crippen molar-refractivity contribution in [3.63, 3.8) is 0 Å². The highest BCUT2D eigenvalue weighted by Crippen LogP contribution is 2.39. The summed E-state index contributed by atoms with van der Waals surface area (Å²) in [6.07, 6.45) is 0. The molecule has 10 rings (SSSR count). The number of rotatable bonds is 5. The van der Waals surface area contributed by atoms with Gasteiger partial charge in [-0.2, -0.15) is 0 Å². The van der Waals surface area contributed by atoms with Crippen molar-refractivity contribution in [3.05, 3.63) is 182 Å². The van der Waals surface area contributed by atoms with E-state index in [-0.39, 0.29) is 0 Å². The molecule has 238 valence electrons. The molecule has 2 aromatic heterocycles. The maximum absolute atomic E-state index is 5.14. The third-order valence-corrected chi connectivity index (χ3v) is 9.80. The van der Waals surface area contributed by atoms with Crippen LogP contribution in [0.1, 0.15) is 0 Å². The summed E-state index contributed by atoms with van der Waals surface area (Å²) in [7, 11) is 0. The second kappa shape index (κ2) is 11.9. The number of benzene rings is 8. The summed E-state index contributed by atoms with van der Waals surface area (Å²) in [5, 5.41) is 7.24. The Hall–Kier alpha value is -6.91. The van der Waals surface area contributed by atoms with E-state index in [4.69, 9.17) is 15.0 Å². The zero-order valence-corrected chi connectivity index (χ0v) is 27.6. The fourth-order valence-electron chi connectivity index (χ4n) is 7.31. The number of nitrogens with zero attached hydrogens (tertiary/aromatic N) is 4. The highest BCUT2D eigenvalue weighted by molar-refractivity contribution is 6.14. The van der Waals surface area contributed by atoms with Gasteiger partial charge in [0, 0.05) is 33.0 Å². The van der Waals surface area contributed by atoms with Gasteiger partial charge < -0.3 is 4.57 Å². The Balaban J connectivity index is 1.22. The molecule has 0 fully saturated rings. The second-order valence-corrected chi connectivity index (χ2v) is 12.9. The predicted octanol–water partition coefficient (Wildman–Crippen LogP) is 11.9. The highest BCUT2D eigenvalue weighted by Gasteiger charge is 2.19. The molecular weight excluding hydrogens is 621 g/mol. The number of aromatic nitrogens is 4. The lowest BCUT2D eigenvalue weighted by Gasteiger charge is -2.16. The van der Waals surface area contributed by atoms with Crippen molar-refractivity contribution in [1.82, 2.24) is 19.5 Å². The first-order valence-electron chi connectivity index (χ1n) is 17.2. The molecule has 51 heavy (non-hydrogen) atoms. The third-order valence-electron chi connectivity index (χ3n) is 9.80. The van der Waals surface area contributed by atoms with Gasteiger partial charge in [0.25, 0.3) is 0 Å². The average molecular weight is 651 g/mol. The molecule has 0 radical (unpaired) electrons. The van der Waals surface area contributed by atoms with E-state index in [2.05, 4.69) is 156 Å². The summed E-state index contributed by atoms with van der Waals surface area (Å²) in [6.45, 7) is 0. The molecule has 4 heteroatoms. The molecule has 0 saturated heterocycles. The normalized spacial score (nSPS) is 11.5. The van der Waals surface area contributed by atoms with Crippen molar-refractivity contribution in [2.24, 2.45) is 0 Å². The van der Waals surface area contributed by atoms with E-state index in [1.807, 2.05) is 30.3 Å². The number of hydrogen-bond acceptors (Lipinski definition) is 3. The van der Waals surface area contributed by atoms with Crippen LogP contribution in [0.15, 0.2) is 182 Å². The topological polar surface area (TPSA) is 43.6 Å². The van der Waals surface area contributed by atoms with Crippen LogP contribution in [0, 0.1) is 0 Å². The Morgan fingerprint density at radius 3 is 1.57 bits per heavy atom. The first kappa shape index (κ1) is 29.0. The van der Waals surface area contributed by atoms with Gasteiger partial charge >= 0.3 is 0 Å². The van der Waals surface area contributed by atoms with Gasteiger partial charge in [0.05, 0.1) is 16.7 Å². The molecule has 8 aromatic carbocycles. The van der Waals surface area contributed by atoms with Crippen LogP contribution >= 0.6 is 0 Å². The summed E-state index contributed by atoms with van der Waals surface area (Å²) in [4.78, 5) is 15.2. The summed E-state index contributed by atoms with van der Waals surface area (Å²) >= 11 is 0. The largest absolute Gasteiger partial charge is 0.309 e. The van der Waals surface area contributed by atoms with E-state index in [1.165, 1.54) is 32.4 Å². The van der Waals surface area contributed by atoms with Crippen LogP contribution in [0.25, 0.3) is 94.3 Å². The van der Waals surface area contributed by atoms with Crippen LogP contribution in [0.2, 0.25) is 0 Å². The Kier molecular flexibility index (Phi) is 6.78. The molecule has 0 N–H and O–H groups in total. The van der Waals surface area contributed by atoms with E-state index in [9.17, 15) is 0 Å². The van der Waals surface area contributed by atoms with E-state index in [0.717, 1.165) is 44.4 Å². The predicted molar refractivity (Wildman–Crippen MR) is 211 cm³/mol. The number of hydrogen-bond donors (Lipinski definition) is 0. The fraction of sp³-hybridized carbons (Fsp3) is 0. The molecule has 0 aliphatic heterocycles. The van der Waals surface area contributed by atoms with Crippen molar-refractivity contribution in [2.45, 2.75) is 0 Å². The van der Waals surface area contributed by atoms with Crippen LogP contribution in [0.4, 0.5) is 0 Å². The SMILES string of the molecule is c1ccc(-c2nc(-c3ccc(-n4c5ccccc5c5cc6ccccc6cc54)c(-c4ccccc4)c3)nc(-c3ccc4ccccc4c3)n2)cc1. The molecule has 0 atom stereocenters. The van der Waals surface area contributed by atoms with Crippen molar-refractivity contribution < 1.29 is 0 Å². The minimum Gasteiger partial charge on any atom is -0.309 e. The average Bonchev–Trinajstić information content (AvgIpc) is 3.53. The van der Waals surface area contributed by atoms with Gasteiger partial charge in [0.15, 0.2) is 17.5 Å². The Morgan fingerprint density at radius 1 is 0.314 bits per heavy atom. The van der Waals surface area contributed by atoms with Gasteiger partial charge in [-0.05, 0) is 69.6 Å². The van der Waals surface area contributed by atoms with Crippen LogP contribution in [0.5, 0.6) is 0 Å². The van der Waals surface area contributed by atoms with Crippen LogP contribution in [-0.2, 0) is 0 Å². The zero-order valence-electron chi connectivity index (χ0n) is 27.6. The highest BCUT2D eigenvalue weighted by atomic mass is 15.0. The van der Waals surface area contributed by atoms with Crippen molar-refractivity contribution in [3.8, 4) is 51.0 Å². The zero-order chi connectivity index (χ0) is 33.7. The Morgan fingerprint density at radius 2 is 0.843 bits per heavy atom. The Labute approximate surface area is 295 Å². The maximum Gasteiger partial charge on any atom is 0.164 e. The van der Waals surface area contributed by atoms with Crippen molar-refractivity contribution in [2.75, 3.05) is 0 Å². The van der Waals surface area contributed by atoms with Gasteiger partial charge in [-0.1, -0.05) is 140 Å². The summed E-state index contributed by atoms with van der Waals surface area (Å²) in [5.41, 5.74) is 8.46. The number of para-hydroxylation sites is 1. The minimum atomic E-state index is 0.629. The minimum absolute atomic E-state index is 0.629. The van der Waals surface area contributed by atoms with Crippen LogP contribution < -0.4 is 0 Å². The van der Waals surface area contributed by atoms with E-state index < -0.39 is 0 Å². The number of fused-ring (bicyclic) bond motifs is 5. The molecule has 0 aliphatic carbocycles. The molecular formula is C47H30N4. The van der Waals surface area contributed by atoms with Crippen LogP contribution in [0.3, 0.4) is 0 Å². The van der Waals surface area contributed by atoms with Gasteiger partial charge in [-0.3, -0.25) is 0 Å². The lowest BCUT2D eigenvalue weighted by molar-refractivity contribution is 1.07. The van der Waals surface area contributed by atoms with Crippen molar-refractivity contribution in [1.29, 1.82) is 0 Å². The van der Waals surface area contributed by atoms with Gasteiger partial charge in [0.2, 0.25) is 0 Å². The molecule has 0 unspecified atom stereocenters. The first-order valence-corrected chi connectivity index (χ1v) is 17.2. The summed E-state index contributed by atoms with van der Waals surface area (Å²) in [5.74, 6) is 1.91. The molecule has 0 bridgehead atoms. The molecule has 4 nitrogen and oxygen atoms in total. The summed E-state index contributed by atoms with van der Waals surface area (Å²) < 4.78 is 2.41. The standard InChI is InChI=1S/C47H30N4/c1-3-14-32(15-4-1)40-29-38(25-26-43(40)51-42-22-12-11-21-39(42)41-28-35-19-9-10-20-36(35)30-44(41)51)47-49-45(33-16-5-2-6-17-33)48-46(50-47)37-24-23-31-13-7-8-18-34(31)27-37/h1-30H.